The van der Waals surface area contributed by atoms with E-state index in [1.807, 2.05) is 39.5 Å². The molecule has 0 saturated carbocycles. The first-order valence-corrected chi connectivity index (χ1v) is 6.39. The minimum atomic E-state index is -0.452. The fourth-order valence-corrected chi connectivity index (χ4v) is 1.94. The molecule has 1 aliphatic rings. The molecule has 5 heteroatoms. The predicted octanol–water partition coefficient (Wildman–Crippen LogP) is 1.41. The van der Waals surface area contributed by atoms with Gasteiger partial charge in [0.25, 0.3) is 0 Å². The number of nitriles is 1. The molecule has 0 atom stereocenters. The average molecular weight is 252 g/mol. The second kappa shape index (κ2) is 5.15. The molecule has 2 amide bonds. The van der Waals surface area contributed by atoms with Crippen LogP contribution in [0.15, 0.2) is 0 Å². The lowest BCUT2D eigenvalue weighted by molar-refractivity contribution is 0.0903. The van der Waals surface area contributed by atoms with Crippen molar-refractivity contribution in [3.8, 4) is 6.07 Å². The van der Waals surface area contributed by atoms with Gasteiger partial charge in [0.2, 0.25) is 0 Å². The number of piperazine rings is 1. The van der Waals surface area contributed by atoms with E-state index in [2.05, 4.69) is 16.3 Å². The predicted molar refractivity (Wildman–Crippen MR) is 71.1 cm³/mol. The summed E-state index contributed by atoms with van der Waals surface area (Å²) >= 11 is 0. The van der Waals surface area contributed by atoms with E-state index in [-0.39, 0.29) is 11.6 Å². The molecule has 18 heavy (non-hydrogen) atoms. The first kappa shape index (κ1) is 14.8. The third-order valence-corrected chi connectivity index (χ3v) is 3.11. The van der Waals surface area contributed by atoms with Crippen LogP contribution in [0.1, 0.15) is 34.6 Å². The number of hydrogen-bond acceptors (Lipinski definition) is 3. The van der Waals surface area contributed by atoms with E-state index in [9.17, 15) is 4.79 Å². The van der Waals surface area contributed by atoms with Gasteiger partial charge >= 0.3 is 6.03 Å². The molecular weight excluding hydrogens is 228 g/mol. The van der Waals surface area contributed by atoms with Crippen molar-refractivity contribution in [1.29, 1.82) is 5.26 Å². The maximum atomic E-state index is 12.0. The molecule has 1 rings (SSSR count). The molecule has 5 nitrogen and oxygen atoms in total. The Labute approximate surface area is 110 Å². The number of nitrogens with zero attached hydrogens (tertiary/aromatic N) is 3. The number of nitrogens with one attached hydrogen (secondary N) is 1. The monoisotopic (exact) mass is 252 g/mol. The van der Waals surface area contributed by atoms with Crippen molar-refractivity contribution in [3.63, 3.8) is 0 Å². The van der Waals surface area contributed by atoms with Crippen LogP contribution in [0.3, 0.4) is 0 Å². The van der Waals surface area contributed by atoms with Gasteiger partial charge in [0.05, 0.1) is 6.07 Å². The standard InChI is InChI=1S/C13H24N4O/c1-12(2,3)15-11(18)16-6-8-17(9-7-16)13(4,5)10-14/h6-9H2,1-5H3,(H,15,18). The maximum absolute atomic E-state index is 12.0. The lowest BCUT2D eigenvalue weighted by Crippen LogP contribution is -2.58. The Kier molecular flexibility index (Phi) is 4.23. The lowest BCUT2D eigenvalue weighted by atomic mass is 10.0. The van der Waals surface area contributed by atoms with Gasteiger partial charge in [-0.1, -0.05) is 0 Å². The quantitative estimate of drug-likeness (QED) is 0.767. The Morgan fingerprint density at radius 3 is 2.00 bits per heavy atom. The minimum Gasteiger partial charge on any atom is -0.333 e. The van der Waals surface area contributed by atoms with E-state index in [1.165, 1.54) is 0 Å². The molecule has 0 aromatic rings. The summed E-state index contributed by atoms with van der Waals surface area (Å²) in [6, 6.07) is 2.28. The van der Waals surface area contributed by atoms with Crippen LogP contribution in [-0.2, 0) is 0 Å². The van der Waals surface area contributed by atoms with Gasteiger partial charge in [-0.25, -0.2) is 4.79 Å². The third kappa shape index (κ3) is 3.88. The average Bonchev–Trinajstić information content (AvgIpc) is 2.27. The van der Waals surface area contributed by atoms with Gasteiger partial charge in [-0.15, -0.1) is 0 Å². The Bertz CT molecular complexity index is 343. The van der Waals surface area contributed by atoms with Crippen molar-refractivity contribution in [1.82, 2.24) is 15.1 Å². The van der Waals surface area contributed by atoms with E-state index in [1.54, 1.807) is 0 Å². The van der Waals surface area contributed by atoms with Crippen LogP contribution in [0.5, 0.6) is 0 Å². The zero-order valence-electron chi connectivity index (χ0n) is 12.1. The summed E-state index contributed by atoms with van der Waals surface area (Å²) < 4.78 is 0. The Morgan fingerprint density at radius 1 is 1.11 bits per heavy atom. The largest absolute Gasteiger partial charge is 0.333 e. The number of amides is 2. The van der Waals surface area contributed by atoms with Crippen molar-refractivity contribution in [2.45, 2.75) is 45.7 Å². The van der Waals surface area contributed by atoms with Crippen LogP contribution in [-0.4, -0.2) is 53.1 Å². The van der Waals surface area contributed by atoms with Crippen molar-refractivity contribution >= 4 is 6.03 Å². The van der Waals surface area contributed by atoms with Gasteiger partial charge in [-0.3, -0.25) is 4.90 Å². The molecule has 0 aromatic carbocycles. The van der Waals surface area contributed by atoms with Crippen LogP contribution in [0.4, 0.5) is 4.79 Å². The minimum absolute atomic E-state index is 0.0167. The summed E-state index contributed by atoms with van der Waals surface area (Å²) in [7, 11) is 0. The normalized spacial score (nSPS) is 18.3. The topological polar surface area (TPSA) is 59.4 Å². The molecule has 0 unspecified atom stereocenters. The summed E-state index contributed by atoms with van der Waals surface area (Å²) in [5.41, 5.74) is -0.660. The highest BCUT2D eigenvalue weighted by Crippen LogP contribution is 2.16. The number of hydrogen-bond donors (Lipinski definition) is 1. The van der Waals surface area contributed by atoms with Gasteiger partial charge < -0.3 is 10.2 Å². The fourth-order valence-electron chi connectivity index (χ4n) is 1.94. The van der Waals surface area contributed by atoms with Gasteiger partial charge in [0, 0.05) is 31.7 Å². The molecule has 1 aliphatic heterocycles. The molecular formula is C13H24N4O. The van der Waals surface area contributed by atoms with E-state index >= 15 is 0 Å². The highest BCUT2D eigenvalue weighted by molar-refractivity contribution is 5.75. The Hall–Kier alpha value is -1.28. The molecule has 1 heterocycles. The van der Waals surface area contributed by atoms with E-state index in [0.717, 1.165) is 13.1 Å². The van der Waals surface area contributed by atoms with Crippen molar-refractivity contribution in [3.05, 3.63) is 0 Å². The van der Waals surface area contributed by atoms with Gasteiger partial charge in [-0.05, 0) is 34.6 Å². The molecule has 102 valence electrons. The first-order chi connectivity index (χ1) is 8.15. The number of carbonyl (C=O) groups is 1. The Morgan fingerprint density at radius 2 is 1.61 bits per heavy atom. The van der Waals surface area contributed by atoms with Crippen LogP contribution in [0, 0.1) is 11.3 Å². The first-order valence-electron chi connectivity index (χ1n) is 6.39. The molecule has 0 bridgehead atoms. The summed E-state index contributed by atoms with van der Waals surface area (Å²) in [6.45, 7) is 12.6. The van der Waals surface area contributed by atoms with Crippen molar-refractivity contribution in [2.24, 2.45) is 0 Å². The highest BCUT2D eigenvalue weighted by atomic mass is 16.2. The van der Waals surface area contributed by atoms with Crippen LogP contribution < -0.4 is 5.32 Å². The van der Waals surface area contributed by atoms with E-state index in [0.29, 0.717) is 13.1 Å². The number of urea groups is 1. The summed E-state index contributed by atoms with van der Waals surface area (Å²) in [5, 5.41) is 12.0. The summed E-state index contributed by atoms with van der Waals surface area (Å²) in [4.78, 5) is 15.9. The molecule has 0 spiro atoms. The molecule has 0 aromatic heterocycles. The number of rotatable bonds is 1. The van der Waals surface area contributed by atoms with Crippen molar-refractivity contribution < 1.29 is 4.79 Å². The Balaban J connectivity index is 2.50. The molecule has 1 N–H and O–H groups in total. The molecule has 1 saturated heterocycles. The molecule has 1 fully saturated rings. The van der Waals surface area contributed by atoms with E-state index in [4.69, 9.17) is 5.26 Å². The van der Waals surface area contributed by atoms with E-state index < -0.39 is 5.54 Å². The molecule has 0 radical (unpaired) electrons. The van der Waals surface area contributed by atoms with Gasteiger partial charge in [-0.2, -0.15) is 5.26 Å². The summed E-state index contributed by atoms with van der Waals surface area (Å²) in [6.07, 6.45) is 0. The molecule has 0 aliphatic carbocycles. The number of carbonyl (C=O) groups excluding carboxylic acids is 1. The lowest BCUT2D eigenvalue weighted by Gasteiger charge is -2.41. The van der Waals surface area contributed by atoms with Crippen molar-refractivity contribution in [2.75, 3.05) is 26.2 Å². The SMILES string of the molecule is CC(C)(C)NC(=O)N1CCN(C(C)(C)C#N)CC1. The third-order valence-electron chi connectivity index (χ3n) is 3.11. The van der Waals surface area contributed by atoms with Gasteiger partial charge in [0.15, 0.2) is 0 Å². The second-order valence-corrected chi connectivity index (χ2v) is 6.33. The zero-order chi connectivity index (χ0) is 14.0. The van der Waals surface area contributed by atoms with Crippen LogP contribution in [0.2, 0.25) is 0 Å². The maximum Gasteiger partial charge on any atom is 0.317 e. The fraction of sp³-hybridized carbons (Fsp3) is 0.846. The zero-order valence-corrected chi connectivity index (χ0v) is 12.1. The van der Waals surface area contributed by atoms with Crippen LogP contribution in [0.25, 0.3) is 0 Å². The highest BCUT2D eigenvalue weighted by Gasteiger charge is 2.31. The summed E-state index contributed by atoms with van der Waals surface area (Å²) in [5.74, 6) is 0. The van der Waals surface area contributed by atoms with Crippen LogP contribution >= 0.6 is 0 Å². The second-order valence-electron chi connectivity index (χ2n) is 6.33. The smallest absolute Gasteiger partial charge is 0.317 e. The van der Waals surface area contributed by atoms with Gasteiger partial charge in [0.1, 0.15) is 5.54 Å².